The number of rotatable bonds is 3. The number of Topliss-reactive ketones (excluding diaryl/α,β-unsaturated/α-hetero) is 1. The summed E-state index contributed by atoms with van der Waals surface area (Å²) in [5.41, 5.74) is 8.46. The minimum atomic E-state index is 0.103. The lowest BCUT2D eigenvalue weighted by Crippen LogP contribution is -2.24. The second-order valence-electron chi connectivity index (χ2n) is 7.64. The molecule has 0 unspecified atom stereocenters. The van der Waals surface area contributed by atoms with E-state index in [1.54, 1.807) is 6.92 Å². The summed E-state index contributed by atoms with van der Waals surface area (Å²) in [5, 5.41) is 0. The van der Waals surface area contributed by atoms with Crippen LogP contribution in [0.25, 0.3) is 5.57 Å². The van der Waals surface area contributed by atoms with Crippen LogP contribution in [0.15, 0.2) is 29.9 Å². The summed E-state index contributed by atoms with van der Waals surface area (Å²) in [4.78, 5) is 12.5. The lowest BCUT2D eigenvalue weighted by atomic mass is 9.67. The molecule has 1 aliphatic carbocycles. The lowest BCUT2D eigenvalue weighted by Gasteiger charge is -2.37. The van der Waals surface area contributed by atoms with Crippen LogP contribution in [-0.4, -0.2) is 5.78 Å². The van der Waals surface area contributed by atoms with Gasteiger partial charge in [-0.1, -0.05) is 42.3 Å². The maximum absolute atomic E-state index is 12.5. The molecule has 1 nitrogen and oxygen atoms in total. The van der Waals surface area contributed by atoms with E-state index in [4.69, 9.17) is 0 Å². The predicted octanol–water partition coefficient (Wildman–Crippen LogP) is 6.11. The van der Waals surface area contributed by atoms with Crippen molar-refractivity contribution in [2.45, 2.75) is 67.2 Å². The standard InChI is InChI=1S/C22H30O/c1-14-8-10-22(7,11-9-14)18(5)21(19(6)23)20-16(3)12-15(2)13-17(20)4/h12-13H,1,8-11H2,2-7H3/b21-18+. The molecule has 1 saturated carbocycles. The first-order valence-corrected chi connectivity index (χ1v) is 8.63. The van der Waals surface area contributed by atoms with Crippen LogP contribution in [0.3, 0.4) is 0 Å². The van der Waals surface area contributed by atoms with Gasteiger partial charge in [0.15, 0.2) is 5.78 Å². The van der Waals surface area contributed by atoms with E-state index >= 15 is 0 Å². The zero-order chi connectivity index (χ0) is 17.4. The number of allylic oxidation sites excluding steroid dienone is 3. The number of hydrogen-bond donors (Lipinski definition) is 0. The van der Waals surface area contributed by atoms with Gasteiger partial charge in [-0.2, -0.15) is 0 Å². The van der Waals surface area contributed by atoms with Crippen LogP contribution >= 0.6 is 0 Å². The maximum atomic E-state index is 12.5. The monoisotopic (exact) mass is 310 g/mol. The van der Waals surface area contributed by atoms with Crippen LogP contribution in [0.2, 0.25) is 0 Å². The number of carbonyl (C=O) groups excluding carboxylic acids is 1. The fourth-order valence-electron chi connectivity index (χ4n) is 4.03. The molecule has 0 atom stereocenters. The molecule has 23 heavy (non-hydrogen) atoms. The molecular formula is C22H30O. The van der Waals surface area contributed by atoms with Gasteiger partial charge in [0, 0.05) is 5.57 Å². The second kappa shape index (κ2) is 6.47. The van der Waals surface area contributed by atoms with Gasteiger partial charge in [0.25, 0.3) is 0 Å². The van der Waals surface area contributed by atoms with E-state index in [1.807, 2.05) is 0 Å². The van der Waals surface area contributed by atoms with Crippen LogP contribution in [0.5, 0.6) is 0 Å². The summed E-state index contributed by atoms with van der Waals surface area (Å²) in [5.74, 6) is 0.183. The van der Waals surface area contributed by atoms with Crippen LogP contribution in [0.1, 0.15) is 68.7 Å². The van der Waals surface area contributed by atoms with Crippen molar-refractivity contribution in [3.05, 3.63) is 52.1 Å². The summed E-state index contributed by atoms with van der Waals surface area (Å²) in [7, 11) is 0. The van der Waals surface area contributed by atoms with Gasteiger partial charge in [0.05, 0.1) is 0 Å². The van der Waals surface area contributed by atoms with Gasteiger partial charge in [0.1, 0.15) is 0 Å². The van der Waals surface area contributed by atoms with E-state index in [0.717, 1.165) is 36.8 Å². The Kier molecular flexibility index (Phi) is 4.98. The van der Waals surface area contributed by atoms with E-state index in [0.29, 0.717) is 0 Å². The molecule has 1 aromatic rings. The van der Waals surface area contributed by atoms with Gasteiger partial charge in [0.2, 0.25) is 0 Å². The van der Waals surface area contributed by atoms with Crippen LogP contribution in [0, 0.1) is 26.2 Å². The van der Waals surface area contributed by atoms with Gasteiger partial charge in [-0.3, -0.25) is 4.79 Å². The number of benzene rings is 1. The van der Waals surface area contributed by atoms with Gasteiger partial charge in [-0.25, -0.2) is 0 Å². The highest BCUT2D eigenvalue weighted by Gasteiger charge is 2.33. The Bertz CT molecular complexity index is 655. The van der Waals surface area contributed by atoms with Crippen molar-refractivity contribution < 1.29 is 4.79 Å². The van der Waals surface area contributed by atoms with Crippen LogP contribution < -0.4 is 0 Å². The minimum absolute atomic E-state index is 0.103. The molecule has 0 spiro atoms. The smallest absolute Gasteiger partial charge is 0.160 e. The van der Waals surface area contributed by atoms with Crippen molar-refractivity contribution in [1.29, 1.82) is 0 Å². The third kappa shape index (κ3) is 3.49. The SMILES string of the molecule is C=C1CCC(C)(/C(C)=C(\C(C)=O)c2c(C)cc(C)cc2C)CC1. The summed E-state index contributed by atoms with van der Waals surface area (Å²) >= 11 is 0. The zero-order valence-electron chi connectivity index (χ0n) is 15.6. The number of hydrogen-bond acceptors (Lipinski definition) is 1. The Morgan fingerprint density at radius 2 is 1.52 bits per heavy atom. The van der Waals surface area contributed by atoms with Gasteiger partial charge < -0.3 is 0 Å². The first kappa shape index (κ1) is 17.7. The molecule has 1 aromatic carbocycles. The van der Waals surface area contributed by atoms with Gasteiger partial charge in [-0.15, -0.1) is 0 Å². The predicted molar refractivity (Wildman–Crippen MR) is 99.6 cm³/mol. The third-order valence-corrected chi connectivity index (χ3v) is 5.62. The highest BCUT2D eigenvalue weighted by atomic mass is 16.1. The number of carbonyl (C=O) groups is 1. The van der Waals surface area contributed by atoms with Crippen molar-refractivity contribution in [3.63, 3.8) is 0 Å². The van der Waals surface area contributed by atoms with Crippen LogP contribution in [-0.2, 0) is 4.79 Å². The topological polar surface area (TPSA) is 17.1 Å². The zero-order valence-corrected chi connectivity index (χ0v) is 15.6. The van der Waals surface area contributed by atoms with Gasteiger partial charge >= 0.3 is 0 Å². The lowest BCUT2D eigenvalue weighted by molar-refractivity contribution is -0.111. The first-order chi connectivity index (χ1) is 10.7. The van der Waals surface area contributed by atoms with E-state index < -0.39 is 0 Å². The molecule has 0 saturated heterocycles. The quantitative estimate of drug-likeness (QED) is 0.486. The van der Waals surface area contributed by atoms with Gasteiger partial charge in [-0.05, 0) is 82.4 Å². The highest BCUT2D eigenvalue weighted by Crippen LogP contribution is 2.46. The molecule has 0 radical (unpaired) electrons. The fourth-order valence-corrected chi connectivity index (χ4v) is 4.03. The molecule has 0 amide bonds. The van der Waals surface area contributed by atoms with E-state index in [9.17, 15) is 4.79 Å². The molecule has 0 bridgehead atoms. The van der Waals surface area contributed by atoms with Crippen LogP contribution in [0.4, 0.5) is 0 Å². The molecule has 0 heterocycles. The van der Waals surface area contributed by atoms with E-state index in [2.05, 4.69) is 53.3 Å². The second-order valence-corrected chi connectivity index (χ2v) is 7.64. The Balaban J connectivity index is 2.62. The molecular weight excluding hydrogens is 280 g/mol. The molecule has 1 aliphatic rings. The summed E-state index contributed by atoms with van der Waals surface area (Å²) < 4.78 is 0. The maximum Gasteiger partial charge on any atom is 0.160 e. The first-order valence-electron chi connectivity index (χ1n) is 8.63. The normalized spacial score (nSPS) is 18.6. The molecule has 0 aliphatic heterocycles. The van der Waals surface area contributed by atoms with Crippen molar-refractivity contribution in [2.24, 2.45) is 5.41 Å². The average molecular weight is 310 g/mol. The Hall–Kier alpha value is -1.63. The minimum Gasteiger partial charge on any atom is -0.294 e. The molecule has 2 rings (SSSR count). The molecule has 124 valence electrons. The highest BCUT2D eigenvalue weighted by molar-refractivity contribution is 6.21. The summed E-state index contributed by atoms with van der Waals surface area (Å²) in [6, 6.07) is 4.37. The van der Waals surface area contributed by atoms with E-state index in [1.165, 1.54) is 27.8 Å². The Morgan fingerprint density at radius 1 is 1.04 bits per heavy atom. The largest absolute Gasteiger partial charge is 0.294 e. The third-order valence-electron chi connectivity index (χ3n) is 5.62. The van der Waals surface area contributed by atoms with Crippen molar-refractivity contribution in [2.75, 3.05) is 0 Å². The van der Waals surface area contributed by atoms with Crippen molar-refractivity contribution >= 4 is 11.4 Å². The molecule has 1 fully saturated rings. The molecule has 1 heteroatoms. The van der Waals surface area contributed by atoms with Crippen molar-refractivity contribution in [3.8, 4) is 0 Å². The molecule has 0 N–H and O–H groups in total. The number of ketones is 1. The van der Waals surface area contributed by atoms with E-state index in [-0.39, 0.29) is 11.2 Å². The fraction of sp³-hybridized carbons (Fsp3) is 0.500. The summed E-state index contributed by atoms with van der Waals surface area (Å²) in [6.45, 7) is 16.7. The Labute approximate surface area is 141 Å². The molecule has 0 aromatic heterocycles. The van der Waals surface area contributed by atoms with Crippen molar-refractivity contribution in [1.82, 2.24) is 0 Å². The average Bonchev–Trinajstić information content (AvgIpc) is 2.45. The Morgan fingerprint density at radius 3 is 1.96 bits per heavy atom. The number of aryl methyl sites for hydroxylation is 3. The summed E-state index contributed by atoms with van der Waals surface area (Å²) in [6.07, 6.45) is 4.34.